The third-order valence-corrected chi connectivity index (χ3v) is 30.5. The number of anilines is 1. The number of hydrogen-bond acceptors (Lipinski definition) is 14. The lowest BCUT2D eigenvalue weighted by Gasteiger charge is -2.52. The number of amides is 5. The maximum atomic E-state index is 14.7. The van der Waals surface area contributed by atoms with E-state index in [1.165, 1.54) is 55.1 Å². The first-order chi connectivity index (χ1) is 47.9. The van der Waals surface area contributed by atoms with Gasteiger partial charge in [-0.05, 0) is 115 Å². The summed E-state index contributed by atoms with van der Waals surface area (Å²) in [5.41, 5.74) is 3.25. The number of aldehydes is 1. The van der Waals surface area contributed by atoms with Gasteiger partial charge in [0.25, 0.3) is 23.6 Å². The zero-order valence-corrected chi connectivity index (χ0v) is 63.0. The predicted molar refractivity (Wildman–Crippen MR) is 381 cm³/mol. The Morgan fingerprint density at radius 3 is 1.16 bits per heavy atom. The van der Waals surface area contributed by atoms with E-state index in [1.807, 2.05) is 0 Å². The number of benzene rings is 6. The van der Waals surface area contributed by atoms with Crippen molar-refractivity contribution in [3.63, 3.8) is 0 Å². The van der Waals surface area contributed by atoms with E-state index < -0.39 is 118 Å². The number of carbonyl (C=O) groups excluding carboxylic acids is 8. The molecule has 0 aliphatic carbocycles. The molecule has 102 heavy (non-hydrogen) atoms. The number of hydrogen-bond donors (Lipinski definition) is 2. The highest BCUT2D eigenvalue weighted by Gasteiger charge is 2.60. The van der Waals surface area contributed by atoms with Gasteiger partial charge < -0.3 is 38.4 Å². The van der Waals surface area contributed by atoms with Crippen molar-refractivity contribution in [2.24, 2.45) is 0 Å². The molecule has 4 aliphatic rings. The number of halogens is 5. The van der Waals surface area contributed by atoms with Gasteiger partial charge in [0, 0.05) is 41.8 Å². The number of methoxy groups -OCH3 is 1. The highest BCUT2D eigenvalue weighted by Crippen LogP contribution is 2.50. The predicted octanol–water partition coefficient (Wildman–Crippen LogP) is 16.2. The summed E-state index contributed by atoms with van der Waals surface area (Å²) in [4.78, 5) is 96.1. The summed E-state index contributed by atoms with van der Waals surface area (Å²) in [6.45, 7) is 33.5. The number of nitrogens with zero attached hydrogens (tertiary/aromatic N) is 2. The lowest BCUT2D eigenvalue weighted by molar-refractivity contribution is -0.164. The fourth-order valence-electron chi connectivity index (χ4n) is 13.8. The van der Waals surface area contributed by atoms with Crippen LogP contribution in [0, 0.1) is 29.1 Å². The Labute approximate surface area is 596 Å². The molecule has 4 heterocycles. The zero-order valence-electron chi connectivity index (χ0n) is 61.0. The number of β-lactam (4-membered cyclic amide) rings is 4. The minimum atomic E-state index is -2.43. The van der Waals surface area contributed by atoms with Crippen molar-refractivity contribution in [2.45, 2.75) is 205 Å². The van der Waals surface area contributed by atoms with Gasteiger partial charge >= 0.3 is 18.0 Å². The number of imide groups is 1. The van der Waals surface area contributed by atoms with E-state index in [2.05, 4.69) is 93.7 Å². The highest BCUT2D eigenvalue weighted by molar-refractivity contribution is 6.78. The molecule has 25 heteroatoms. The highest BCUT2D eigenvalue weighted by atomic mass is 28.4. The van der Waals surface area contributed by atoms with Gasteiger partial charge in [0.2, 0.25) is 28.8 Å². The van der Waals surface area contributed by atoms with Crippen molar-refractivity contribution in [3.8, 4) is 5.75 Å². The average molecular weight is 1450 g/mol. The van der Waals surface area contributed by atoms with Crippen LogP contribution in [0.15, 0.2) is 146 Å². The monoisotopic (exact) mass is 1450 g/mol. The van der Waals surface area contributed by atoms with Crippen LogP contribution in [-0.2, 0) is 51.8 Å². The molecule has 18 nitrogen and oxygen atoms in total. The molecule has 550 valence electrons. The number of carbonyl (C=O) groups is 8. The fourth-order valence-corrected chi connectivity index (χ4v) is 24.8. The van der Waals surface area contributed by atoms with E-state index in [1.54, 1.807) is 137 Å². The van der Waals surface area contributed by atoms with E-state index in [4.69, 9.17) is 27.8 Å². The first-order valence-corrected chi connectivity index (χ1v) is 38.2. The van der Waals surface area contributed by atoms with Crippen molar-refractivity contribution in [2.75, 3.05) is 12.0 Å². The Bertz CT molecular complexity index is 3880. The van der Waals surface area contributed by atoms with E-state index in [-0.39, 0.29) is 51.4 Å². The van der Waals surface area contributed by atoms with Gasteiger partial charge in [-0.3, -0.25) is 38.5 Å². The SMILES string of the molecule is CC(=O)O[C@H]1C(=O)N[C@H]1c1ccccc1F.CC(C)[Si](O[C@H]1C(=O)N(C(=O)OC(C)(C)C)[C@H]1c1ccccc1F)(C(C)C)C(C)C.CC(C)[Si](O[C@H]1C(=O)N[C@H]1c1ccccc1F)(C(C)C)C(C)C.COc1ccc(N2C(=O)[C@H](OC(C)=O)[C@@H]2c2ccccc2F)cc1.O=Cc1ccccc1F. The second-order valence-corrected chi connectivity index (χ2v) is 38.8. The molecule has 10 rings (SSSR count). The molecular formula is C77H95F5N4O14Si2. The number of esters is 2. The van der Waals surface area contributed by atoms with E-state index in [9.17, 15) is 60.3 Å². The molecule has 6 aromatic carbocycles. The van der Waals surface area contributed by atoms with E-state index in [0.29, 0.717) is 51.0 Å². The molecular weight excluding hydrogens is 1360 g/mol. The average Bonchev–Trinajstić information content (AvgIpc) is 0.743. The molecule has 0 bridgehead atoms. The lowest BCUT2D eigenvalue weighted by Crippen LogP contribution is -2.66. The van der Waals surface area contributed by atoms with Crippen LogP contribution in [0.2, 0.25) is 33.2 Å². The number of nitrogens with one attached hydrogen (secondary N) is 2. The van der Waals surface area contributed by atoms with Crippen molar-refractivity contribution >= 4 is 70.3 Å². The normalized spacial score (nSPS) is 19.9. The molecule has 4 fully saturated rings. The Hall–Kier alpha value is -8.92. The van der Waals surface area contributed by atoms with Gasteiger partial charge in [0.15, 0.2) is 12.4 Å². The molecule has 4 aliphatic heterocycles. The molecule has 5 amide bonds. The molecule has 0 spiro atoms. The second-order valence-electron chi connectivity index (χ2n) is 28.0. The standard InChI is InChI=1S/C23H36FNO4Si.C18H16FNO4.C18H28FNO2Si.C11H10FNO3.C7H5FO/c1-14(2)30(15(3)4,16(5)6)29-20-19(17-12-10-11-13-18(17)24)25(21(20)26)22(27)28-23(7,8)9;1-11(21)24-17-16(14-5-3-4-6-15(14)19)20(18(17)22)12-7-9-13(23-2)10-8-12;1-11(2)23(12(3)4,13(5)6)22-17-16(20-18(17)21)14-9-7-8-10-15(14)19;1-6(14)16-10-9(13-11(10)15)7-4-2-3-5-8(7)12;8-7-4-2-1-3-6(7)5-9/h10-16,19-20H,1-9H3;3-10,16-17H,1-2H3;7-13,16-17H,1-6H3,(H,20,21);2-5,9-10H,1H3,(H,13,15);1-5H/t19-,20+;2*16-,17+;9-,10+;/m0000./s1. The second kappa shape index (κ2) is 35.3. The maximum absolute atomic E-state index is 14.7. The Kier molecular flexibility index (Phi) is 28.4. The van der Waals surface area contributed by atoms with Crippen molar-refractivity contribution < 1.29 is 88.1 Å². The molecule has 6 aromatic rings. The largest absolute Gasteiger partial charge is 0.497 e. The van der Waals surface area contributed by atoms with Crippen LogP contribution in [0.1, 0.15) is 174 Å². The van der Waals surface area contributed by atoms with Crippen molar-refractivity contribution in [1.29, 1.82) is 0 Å². The fraction of sp³-hybridized carbons (Fsp3) is 0.429. The smallest absolute Gasteiger partial charge is 0.417 e. The van der Waals surface area contributed by atoms with Crippen LogP contribution in [0.25, 0.3) is 0 Å². The van der Waals surface area contributed by atoms with Gasteiger partial charge in [-0.25, -0.2) is 31.6 Å². The Morgan fingerprint density at radius 2 is 0.814 bits per heavy atom. The minimum Gasteiger partial charge on any atom is -0.497 e. The molecule has 0 unspecified atom stereocenters. The molecule has 4 saturated heterocycles. The van der Waals surface area contributed by atoms with E-state index in [0.717, 1.165) is 4.90 Å². The number of rotatable bonds is 19. The molecule has 2 N–H and O–H groups in total. The van der Waals surface area contributed by atoms with Crippen molar-refractivity contribution in [3.05, 3.63) is 202 Å². The van der Waals surface area contributed by atoms with Crippen LogP contribution in [0.4, 0.5) is 32.4 Å². The van der Waals surface area contributed by atoms with Gasteiger partial charge in [0.05, 0.1) is 18.7 Å². The number of likely N-dealkylation sites (tertiary alicyclic amines) is 1. The summed E-state index contributed by atoms with van der Waals surface area (Å²) in [5.74, 6) is -3.97. The third-order valence-electron chi connectivity index (χ3n) is 18.4. The summed E-state index contributed by atoms with van der Waals surface area (Å²) in [6, 6.07) is 35.2. The summed E-state index contributed by atoms with van der Waals surface area (Å²) in [7, 11) is -3.06. The summed E-state index contributed by atoms with van der Waals surface area (Å²) in [5, 5.41) is 5.31. The molecule has 8 atom stereocenters. The zero-order chi connectivity index (χ0) is 76.0. The van der Waals surface area contributed by atoms with Gasteiger partial charge in [-0.15, -0.1) is 0 Å². The lowest BCUT2D eigenvalue weighted by atomic mass is 9.89. The van der Waals surface area contributed by atoms with Crippen LogP contribution < -0.4 is 20.3 Å². The quantitative estimate of drug-likeness (QED) is 0.0192. The van der Waals surface area contributed by atoms with Crippen LogP contribution in [-0.4, -0.2) is 107 Å². The number of ether oxygens (including phenoxy) is 4. The summed E-state index contributed by atoms with van der Waals surface area (Å²) in [6.07, 6.45) is -3.70. The van der Waals surface area contributed by atoms with Crippen LogP contribution in [0.3, 0.4) is 0 Å². The van der Waals surface area contributed by atoms with Gasteiger partial charge in [-0.1, -0.05) is 168 Å². The van der Waals surface area contributed by atoms with Crippen LogP contribution >= 0.6 is 0 Å². The first kappa shape index (κ1) is 82.0. The van der Waals surface area contributed by atoms with Crippen LogP contribution in [0.5, 0.6) is 5.75 Å². The molecule has 0 radical (unpaired) electrons. The van der Waals surface area contributed by atoms with E-state index >= 15 is 0 Å². The Morgan fingerprint density at radius 1 is 0.461 bits per heavy atom. The summed E-state index contributed by atoms with van der Waals surface area (Å²) < 4.78 is 102. The summed E-state index contributed by atoms with van der Waals surface area (Å²) >= 11 is 0. The van der Waals surface area contributed by atoms with Crippen molar-refractivity contribution in [1.82, 2.24) is 15.5 Å². The Balaban J connectivity index is 0.000000208. The molecule has 0 aromatic heterocycles. The first-order valence-electron chi connectivity index (χ1n) is 33.9. The third kappa shape index (κ3) is 18.6. The van der Waals surface area contributed by atoms with Gasteiger partial charge in [-0.2, -0.15) is 0 Å². The molecule has 0 saturated carbocycles. The maximum Gasteiger partial charge on any atom is 0.417 e. The van der Waals surface area contributed by atoms with Gasteiger partial charge in [0.1, 0.15) is 64.7 Å². The topological polar surface area (TPSA) is 222 Å². The minimum absolute atomic E-state index is 0.109.